The second-order valence-corrected chi connectivity index (χ2v) is 8.60. The van der Waals surface area contributed by atoms with E-state index in [9.17, 15) is 5.26 Å². The lowest BCUT2D eigenvalue weighted by Gasteiger charge is -2.22. The summed E-state index contributed by atoms with van der Waals surface area (Å²) < 4.78 is 3.84. The van der Waals surface area contributed by atoms with Crippen LogP contribution in [0.25, 0.3) is 16.6 Å². The van der Waals surface area contributed by atoms with Gasteiger partial charge in [0.1, 0.15) is 11.1 Å². The summed E-state index contributed by atoms with van der Waals surface area (Å²) in [5.41, 5.74) is 4.56. The Labute approximate surface area is 178 Å². The number of pyridine rings is 2. The van der Waals surface area contributed by atoms with Crippen LogP contribution in [0.1, 0.15) is 30.0 Å². The Morgan fingerprint density at radius 2 is 2.13 bits per heavy atom. The van der Waals surface area contributed by atoms with Crippen LogP contribution in [0.2, 0.25) is 0 Å². The fraction of sp³-hybridized carbons (Fsp3) is 0.273. The van der Waals surface area contributed by atoms with E-state index >= 15 is 0 Å². The van der Waals surface area contributed by atoms with Crippen molar-refractivity contribution in [2.24, 2.45) is 0 Å². The standard InChI is InChI=1S/C22H21N7S/c1-15-4-6-25-21(7-15)30-20-8-16(13-29-22(20)17(9-23)10-27-29)18-11-26-28(14-18)19-3-2-5-24-12-19/h4,6-8,10-11,13-14,19,24H,2-3,5,12H2,1H3/t19-/m0/s1. The van der Waals surface area contributed by atoms with Gasteiger partial charge in [0.15, 0.2) is 0 Å². The minimum Gasteiger partial charge on any atom is -0.315 e. The summed E-state index contributed by atoms with van der Waals surface area (Å²) in [6.07, 6.45) is 11.7. The number of piperidine rings is 1. The van der Waals surface area contributed by atoms with Crippen molar-refractivity contribution in [3.63, 3.8) is 0 Å². The number of hydrogen-bond donors (Lipinski definition) is 1. The van der Waals surface area contributed by atoms with Crippen molar-refractivity contribution < 1.29 is 0 Å². The second kappa shape index (κ2) is 7.94. The molecule has 1 aliphatic heterocycles. The Morgan fingerprint density at radius 1 is 1.20 bits per heavy atom. The molecule has 150 valence electrons. The van der Waals surface area contributed by atoms with Crippen LogP contribution in [0.5, 0.6) is 0 Å². The Morgan fingerprint density at radius 3 is 2.93 bits per heavy atom. The fourth-order valence-electron chi connectivity index (χ4n) is 3.82. The number of fused-ring (bicyclic) bond motifs is 1. The number of nitriles is 1. The lowest BCUT2D eigenvalue weighted by molar-refractivity contribution is 0.347. The van der Waals surface area contributed by atoms with Gasteiger partial charge in [-0.2, -0.15) is 15.5 Å². The zero-order valence-electron chi connectivity index (χ0n) is 16.6. The first-order valence-corrected chi connectivity index (χ1v) is 10.8. The third-order valence-corrected chi connectivity index (χ3v) is 6.35. The van der Waals surface area contributed by atoms with E-state index in [0.717, 1.165) is 51.6 Å². The maximum atomic E-state index is 9.55. The molecule has 0 saturated carbocycles. The van der Waals surface area contributed by atoms with E-state index in [2.05, 4.69) is 43.5 Å². The molecule has 30 heavy (non-hydrogen) atoms. The van der Waals surface area contributed by atoms with Gasteiger partial charge in [0.2, 0.25) is 0 Å². The van der Waals surface area contributed by atoms with Crippen LogP contribution in [-0.4, -0.2) is 37.5 Å². The van der Waals surface area contributed by atoms with Crippen LogP contribution >= 0.6 is 11.8 Å². The molecule has 1 atom stereocenters. The van der Waals surface area contributed by atoms with Gasteiger partial charge in [0.05, 0.1) is 29.5 Å². The molecule has 0 bridgehead atoms. The second-order valence-electron chi connectivity index (χ2n) is 7.54. The van der Waals surface area contributed by atoms with Crippen LogP contribution in [0.3, 0.4) is 0 Å². The van der Waals surface area contributed by atoms with Crippen LogP contribution in [0, 0.1) is 18.3 Å². The van der Waals surface area contributed by atoms with Gasteiger partial charge < -0.3 is 5.32 Å². The molecule has 0 radical (unpaired) electrons. The van der Waals surface area contributed by atoms with Gasteiger partial charge in [-0.1, -0.05) is 11.8 Å². The van der Waals surface area contributed by atoms with E-state index in [1.54, 1.807) is 22.5 Å². The lowest BCUT2D eigenvalue weighted by Crippen LogP contribution is -2.31. The number of hydrogen-bond acceptors (Lipinski definition) is 6. The highest BCUT2D eigenvalue weighted by molar-refractivity contribution is 7.99. The molecule has 0 unspecified atom stereocenters. The first-order valence-electron chi connectivity index (χ1n) is 9.98. The highest BCUT2D eigenvalue weighted by Gasteiger charge is 2.18. The third-order valence-electron chi connectivity index (χ3n) is 5.38. The summed E-state index contributed by atoms with van der Waals surface area (Å²) in [5, 5.41) is 22.9. The maximum Gasteiger partial charge on any atom is 0.103 e. The van der Waals surface area contributed by atoms with Crippen molar-refractivity contribution in [1.82, 2.24) is 29.7 Å². The Bertz CT molecular complexity index is 1240. The van der Waals surface area contributed by atoms with E-state index in [4.69, 9.17) is 0 Å². The third kappa shape index (κ3) is 3.58. The summed E-state index contributed by atoms with van der Waals surface area (Å²) in [5.74, 6) is 0. The molecule has 8 heteroatoms. The van der Waals surface area contributed by atoms with Crippen LogP contribution < -0.4 is 5.32 Å². The summed E-state index contributed by atoms with van der Waals surface area (Å²) in [4.78, 5) is 5.43. The molecular weight excluding hydrogens is 394 g/mol. The Hall–Kier alpha value is -3.15. The maximum absolute atomic E-state index is 9.55. The SMILES string of the molecule is Cc1ccnc(Sc2cc(-c3cnn([C@H]4CCCNC4)c3)cn3ncc(C#N)c23)c1. The van der Waals surface area contributed by atoms with Crippen molar-refractivity contribution >= 4 is 17.3 Å². The predicted octanol–water partition coefficient (Wildman–Crippen LogP) is 3.85. The average molecular weight is 416 g/mol. The highest BCUT2D eigenvalue weighted by Crippen LogP contribution is 2.35. The van der Waals surface area contributed by atoms with E-state index in [1.165, 1.54) is 6.42 Å². The Kier molecular flexibility index (Phi) is 4.99. The van der Waals surface area contributed by atoms with Gasteiger partial charge in [-0.15, -0.1) is 0 Å². The molecule has 1 aliphatic rings. The van der Waals surface area contributed by atoms with Crippen molar-refractivity contribution in [2.45, 2.75) is 35.7 Å². The molecule has 5 heterocycles. The van der Waals surface area contributed by atoms with Crippen LogP contribution in [-0.2, 0) is 0 Å². The first kappa shape index (κ1) is 18.9. The molecule has 4 aromatic rings. The van der Waals surface area contributed by atoms with Crippen LogP contribution in [0.4, 0.5) is 0 Å². The molecule has 1 N–H and O–H groups in total. The minimum absolute atomic E-state index is 0.386. The van der Waals surface area contributed by atoms with Crippen molar-refractivity contribution in [3.05, 3.63) is 60.3 Å². The van der Waals surface area contributed by atoms with Crippen molar-refractivity contribution in [2.75, 3.05) is 13.1 Å². The zero-order valence-corrected chi connectivity index (χ0v) is 17.4. The van der Waals surface area contributed by atoms with E-state index in [0.29, 0.717) is 11.6 Å². The molecule has 1 fully saturated rings. The molecule has 7 nitrogen and oxygen atoms in total. The molecule has 0 amide bonds. The number of aryl methyl sites for hydroxylation is 1. The minimum atomic E-state index is 0.386. The summed E-state index contributed by atoms with van der Waals surface area (Å²) in [6, 6.07) is 8.77. The molecule has 5 rings (SSSR count). The largest absolute Gasteiger partial charge is 0.315 e. The topological polar surface area (TPSA) is 83.8 Å². The monoisotopic (exact) mass is 415 g/mol. The number of nitrogens with zero attached hydrogens (tertiary/aromatic N) is 6. The van der Waals surface area contributed by atoms with Gasteiger partial charge in [0.25, 0.3) is 0 Å². The molecular formula is C22H21N7S. The van der Waals surface area contributed by atoms with E-state index in [-0.39, 0.29) is 0 Å². The van der Waals surface area contributed by atoms with Gasteiger partial charge in [0, 0.05) is 41.2 Å². The first-order chi connectivity index (χ1) is 14.7. The summed E-state index contributed by atoms with van der Waals surface area (Å²) in [6.45, 7) is 4.08. The molecule has 1 saturated heterocycles. The summed E-state index contributed by atoms with van der Waals surface area (Å²) in [7, 11) is 0. The van der Waals surface area contributed by atoms with E-state index < -0.39 is 0 Å². The van der Waals surface area contributed by atoms with Gasteiger partial charge in [-0.05, 0) is 50.1 Å². The number of rotatable bonds is 4. The average Bonchev–Trinajstić information content (AvgIpc) is 3.42. The van der Waals surface area contributed by atoms with Crippen LogP contribution in [0.15, 0.2) is 59.1 Å². The molecule has 0 aromatic carbocycles. The normalized spacial score (nSPS) is 16.6. The lowest BCUT2D eigenvalue weighted by atomic mass is 10.1. The molecule has 0 spiro atoms. The highest BCUT2D eigenvalue weighted by atomic mass is 32.2. The smallest absolute Gasteiger partial charge is 0.103 e. The van der Waals surface area contributed by atoms with Gasteiger partial charge in [-0.3, -0.25) is 4.68 Å². The summed E-state index contributed by atoms with van der Waals surface area (Å²) >= 11 is 1.55. The molecule has 0 aliphatic carbocycles. The fourth-order valence-corrected chi connectivity index (χ4v) is 4.89. The zero-order chi connectivity index (χ0) is 20.5. The Balaban J connectivity index is 1.56. The quantitative estimate of drug-likeness (QED) is 0.545. The predicted molar refractivity (Wildman–Crippen MR) is 115 cm³/mol. The van der Waals surface area contributed by atoms with Crippen molar-refractivity contribution in [3.8, 4) is 17.2 Å². The van der Waals surface area contributed by atoms with Gasteiger partial charge in [-0.25, -0.2) is 9.50 Å². The van der Waals surface area contributed by atoms with E-state index in [1.807, 2.05) is 37.6 Å². The van der Waals surface area contributed by atoms with Crippen molar-refractivity contribution in [1.29, 1.82) is 5.26 Å². The van der Waals surface area contributed by atoms with Gasteiger partial charge >= 0.3 is 0 Å². The molecule has 4 aromatic heterocycles. The number of aromatic nitrogens is 5. The number of nitrogens with one attached hydrogen (secondary N) is 1.